The second-order valence-electron chi connectivity index (χ2n) is 6.31. The molecule has 1 aromatic heterocycles. The highest BCUT2D eigenvalue weighted by Gasteiger charge is 2.16. The summed E-state index contributed by atoms with van der Waals surface area (Å²) in [7, 11) is -1.75. The van der Waals surface area contributed by atoms with Gasteiger partial charge in [-0.25, -0.2) is 17.9 Å². The minimum atomic E-state index is -3.70. The van der Waals surface area contributed by atoms with Crippen LogP contribution in [0.1, 0.15) is 24.1 Å². The van der Waals surface area contributed by atoms with Gasteiger partial charge in [0.1, 0.15) is 5.82 Å². The summed E-state index contributed by atoms with van der Waals surface area (Å²) >= 11 is 0. The van der Waals surface area contributed by atoms with E-state index in [0.717, 1.165) is 11.1 Å². The van der Waals surface area contributed by atoms with Crippen LogP contribution < -0.4 is 5.14 Å². The monoisotopic (exact) mass is 373 g/mol. The van der Waals surface area contributed by atoms with Crippen LogP contribution in [0.4, 0.5) is 4.39 Å². The molecule has 0 bridgehead atoms. The fraction of sp³-hybridized carbons (Fsp3) is 0.211. The van der Waals surface area contributed by atoms with Crippen LogP contribution in [0.3, 0.4) is 0 Å². The van der Waals surface area contributed by atoms with Gasteiger partial charge < -0.3 is 0 Å². The first-order valence-electron chi connectivity index (χ1n) is 8.12. The molecule has 0 aliphatic carbocycles. The predicted octanol–water partition coefficient (Wildman–Crippen LogP) is 3.21. The van der Waals surface area contributed by atoms with E-state index in [1.54, 1.807) is 36.5 Å². The average molecular weight is 373 g/mol. The number of benzene rings is 2. The lowest BCUT2D eigenvalue weighted by atomic mass is 10.1. The Morgan fingerprint density at radius 3 is 2.50 bits per heavy atom. The van der Waals surface area contributed by atoms with Gasteiger partial charge in [0.25, 0.3) is 0 Å². The normalized spacial score (nSPS) is 13.3. The van der Waals surface area contributed by atoms with Crippen LogP contribution in [-0.4, -0.2) is 25.3 Å². The van der Waals surface area contributed by atoms with Gasteiger partial charge in [0.2, 0.25) is 10.0 Å². The van der Waals surface area contributed by atoms with Crippen molar-refractivity contribution in [3.63, 3.8) is 0 Å². The molecule has 1 atom stereocenters. The molecule has 7 heteroatoms. The fourth-order valence-corrected chi connectivity index (χ4v) is 3.44. The Morgan fingerprint density at radius 1 is 1.15 bits per heavy atom. The van der Waals surface area contributed by atoms with E-state index in [1.807, 2.05) is 14.0 Å². The second kappa shape index (κ2) is 7.11. The van der Waals surface area contributed by atoms with E-state index in [2.05, 4.69) is 9.88 Å². The maximum absolute atomic E-state index is 13.9. The van der Waals surface area contributed by atoms with Crippen molar-refractivity contribution in [1.29, 1.82) is 0 Å². The van der Waals surface area contributed by atoms with Gasteiger partial charge in [0.05, 0.1) is 10.4 Å². The van der Waals surface area contributed by atoms with Gasteiger partial charge in [-0.05, 0) is 55.4 Å². The zero-order chi connectivity index (χ0) is 18.9. The quantitative estimate of drug-likeness (QED) is 0.745. The first-order valence-corrected chi connectivity index (χ1v) is 9.67. The molecule has 2 aromatic carbocycles. The van der Waals surface area contributed by atoms with Crippen molar-refractivity contribution in [1.82, 2.24) is 9.88 Å². The molecule has 0 fully saturated rings. The van der Waals surface area contributed by atoms with Crippen LogP contribution in [0.15, 0.2) is 59.6 Å². The Labute approximate surface area is 152 Å². The van der Waals surface area contributed by atoms with Crippen molar-refractivity contribution in [3.8, 4) is 0 Å². The average Bonchev–Trinajstić information content (AvgIpc) is 2.63. The number of fused-ring (bicyclic) bond motifs is 1. The number of nitrogens with zero attached hydrogens (tertiary/aromatic N) is 2. The number of hydrogen-bond acceptors (Lipinski definition) is 4. The molecule has 26 heavy (non-hydrogen) atoms. The molecule has 0 saturated heterocycles. The van der Waals surface area contributed by atoms with E-state index in [9.17, 15) is 12.8 Å². The van der Waals surface area contributed by atoms with Crippen LogP contribution >= 0.6 is 0 Å². The first kappa shape index (κ1) is 18.4. The van der Waals surface area contributed by atoms with E-state index in [1.165, 1.54) is 18.2 Å². The van der Waals surface area contributed by atoms with Gasteiger partial charge in [-0.3, -0.25) is 9.88 Å². The lowest BCUT2D eigenvalue weighted by Gasteiger charge is -2.25. The number of primary sulfonamides is 1. The molecule has 1 heterocycles. The van der Waals surface area contributed by atoms with Gasteiger partial charge in [-0.15, -0.1) is 0 Å². The summed E-state index contributed by atoms with van der Waals surface area (Å²) in [6.07, 6.45) is 1.65. The molecular weight excluding hydrogens is 353 g/mol. The van der Waals surface area contributed by atoms with E-state index in [-0.39, 0.29) is 16.8 Å². The highest BCUT2D eigenvalue weighted by molar-refractivity contribution is 7.89. The lowest BCUT2D eigenvalue weighted by Crippen LogP contribution is -2.22. The Kier molecular flexibility index (Phi) is 5.04. The lowest BCUT2D eigenvalue weighted by molar-refractivity contribution is 0.254. The highest BCUT2D eigenvalue weighted by atomic mass is 32.2. The third-order valence-corrected chi connectivity index (χ3v) is 5.50. The third kappa shape index (κ3) is 3.75. The van der Waals surface area contributed by atoms with Gasteiger partial charge in [0, 0.05) is 24.2 Å². The number of rotatable bonds is 5. The van der Waals surface area contributed by atoms with Crippen molar-refractivity contribution in [3.05, 3.63) is 71.7 Å². The molecule has 0 aliphatic heterocycles. The highest BCUT2D eigenvalue weighted by Crippen LogP contribution is 2.25. The molecular formula is C19H20FN3O2S. The van der Waals surface area contributed by atoms with Gasteiger partial charge in [-0.1, -0.05) is 18.2 Å². The number of aromatic nitrogens is 1. The van der Waals surface area contributed by atoms with Crippen LogP contribution in [0, 0.1) is 5.82 Å². The Morgan fingerprint density at radius 2 is 1.85 bits per heavy atom. The molecule has 5 nitrogen and oxygen atoms in total. The molecule has 0 aliphatic rings. The summed E-state index contributed by atoms with van der Waals surface area (Å²) in [6, 6.07) is 13.2. The molecule has 136 valence electrons. The minimum Gasteiger partial charge on any atom is -0.295 e. The van der Waals surface area contributed by atoms with E-state index < -0.39 is 10.0 Å². The molecule has 3 aromatic rings. The van der Waals surface area contributed by atoms with Crippen molar-refractivity contribution < 1.29 is 12.8 Å². The van der Waals surface area contributed by atoms with E-state index in [0.29, 0.717) is 17.4 Å². The van der Waals surface area contributed by atoms with Crippen molar-refractivity contribution in [2.45, 2.75) is 24.4 Å². The standard InChI is InChI=1S/C19H20FN3O2S/c1-13(14-5-8-16(9-6-14)26(21,24)25)23(2)12-15-7-10-18(20)17-4-3-11-22-19(15)17/h3-11,13H,12H2,1-2H3,(H2,21,24,25). The molecule has 0 spiro atoms. The summed E-state index contributed by atoms with van der Waals surface area (Å²) in [5.41, 5.74) is 2.54. The van der Waals surface area contributed by atoms with Crippen LogP contribution in [0.5, 0.6) is 0 Å². The molecule has 2 N–H and O–H groups in total. The van der Waals surface area contributed by atoms with Crippen LogP contribution in [0.25, 0.3) is 10.9 Å². The fourth-order valence-electron chi connectivity index (χ4n) is 2.92. The van der Waals surface area contributed by atoms with Crippen molar-refractivity contribution >= 4 is 20.9 Å². The van der Waals surface area contributed by atoms with E-state index in [4.69, 9.17) is 5.14 Å². The molecule has 0 amide bonds. The number of pyridine rings is 1. The van der Waals surface area contributed by atoms with Gasteiger partial charge in [-0.2, -0.15) is 0 Å². The maximum Gasteiger partial charge on any atom is 0.238 e. The third-order valence-electron chi connectivity index (χ3n) is 4.57. The second-order valence-corrected chi connectivity index (χ2v) is 7.87. The largest absolute Gasteiger partial charge is 0.295 e. The smallest absolute Gasteiger partial charge is 0.238 e. The zero-order valence-electron chi connectivity index (χ0n) is 14.6. The zero-order valence-corrected chi connectivity index (χ0v) is 15.4. The maximum atomic E-state index is 13.9. The summed E-state index contributed by atoms with van der Waals surface area (Å²) in [6.45, 7) is 2.59. The Hall–Kier alpha value is -2.35. The Bertz CT molecular complexity index is 1040. The summed E-state index contributed by atoms with van der Waals surface area (Å²) in [5.74, 6) is -0.286. The van der Waals surface area contributed by atoms with Gasteiger partial charge >= 0.3 is 0 Å². The number of sulfonamides is 1. The number of nitrogens with two attached hydrogens (primary N) is 1. The Balaban J connectivity index is 1.84. The SMILES string of the molecule is CC(c1ccc(S(N)(=O)=O)cc1)N(C)Cc1ccc(F)c2cccnc12. The summed E-state index contributed by atoms with van der Waals surface area (Å²) < 4.78 is 36.7. The van der Waals surface area contributed by atoms with Crippen molar-refractivity contribution in [2.24, 2.45) is 5.14 Å². The van der Waals surface area contributed by atoms with E-state index >= 15 is 0 Å². The molecule has 0 saturated carbocycles. The summed E-state index contributed by atoms with van der Waals surface area (Å²) in [4.78, 5) is 6.50. The predicted molar refractivity (Wildman–Crippen MR) is 99.4 cm³/mol. The minimum absolute atomic E-state index is 0.0216. The molecule has 0 radical (unpaired) electrons. The topological polar surface area (TPSA) is 76.3 Å². The van der Waals surface area contributed by atoms with Gasteiger partial charge in [0.15, 0.2) is 0 Å². The first-order chi connectivity index (χ1) is 12.3. The summed E-state index contributed by atoms with van der Waals surface area (Å²) in [5, 5.41) is 5.64. The molecule has 3 rings (SSSR count). The molecule has 1 unspecified atom stereocenters. The number of halogens is 1. The van der Waals surface area contributed by atoms with Crippen LogP contribution in [0.2, 0.25) is 0 Å². The van der Waals surface area contributed by atoms with Crippen LogP contribution in [-0.2, 0) is 16.6 Å². The van der Waals surface area contributed by atoms with Crippen molar-refractivity contribution in [2.75, 3.05) is 7.05 Å². The number of hydrogen-bond donors (Lipinski definition) is 1.